The van der Waals surface area contributed by atoms with Crippen LogP contribution in [0.1, 0.15) is 26.7 Å². The first-order chi connectivity index (χ1) is 12.8. The predicted octanol–water partition coefficient (Wildman–Crippen LogP) is -0.372. The molecular formula is C18H34N4O5. The lowest BCUT2D eigenvalue weighted by atomic mass is 10.1. The molecule has 1 rings (SSSR count). The summed E-state index contributed by atoms with van der Waals surface area (Å²) in [6.45, 7) is 8.23. The lowest BCUT2D eigenvalue weighted by Gasteiger charge is -2.24. The fourth-order valence-corrected chi connectivity index (χ4v) is 3.04. The first-order valence-electron chi connectivity index (χ1n) is 9.63. The van der Waals surface area contributed by atoms with E-state index in [1.807, 2.05) is 4.90 Å². The van der Waals surface area contributed by atoms with Crippen LogP contribution >= 0.6 is 0 Å². The maximum absolute atomic E-state index is 12.2. The van der Waals surface area contributed by atoms with Crippen LogP contribution in [0.5, 0.6) is 0 Å². The summed E-state index contributed by atoms with van der Waals surface area (Å²) in [6.07, 6.45) is 2.01. The molecule has 0 bridgehead atoms. The first-order valence-corrected chi connectivity index (χ1v) is 9.63. The molecule has 1 heterocycles. The average molecular weight is 386 g/mol. The summed E-state index contributed by atoms with van der Waals surface area (Å²) in [5.41, 5.74) is 0. The molecule has 0 aromatic carbocycles. The van der Waals surface area contributed by atoms with Crippen molar-refractivity contribution in [2.45, 2.75) is 26.7 Å². The quantitative estimate of drug-likeness (QED) is 0.436. The molecule has 3 N–H and O–H groups in total. The number of nitrogens with one attached hydrogen (secondary N) is 1. The summed E-state index contributed by atoms with van der Waals surface area (Å²) in [5, 5.41) is 21.0. The number of nitrogens with zero attached hydrogens (tertiary/aromatic N) is 3. The summed E-state index contributed by atoms with van der Waals surface area (Å²) < 4.78 is 0. The summed E-state index contributed by atoms with van der Waals surface area (Å²) in [6, 6.07) is 0. The summed E-state index contributed by atoms with van der Waals surface area (Å²) >= 11 is 0. The minimum atomic E-state index is -0.909. The summed E-state index contributed by atoms with van der Waals surface area (Å²) in [7, 11) is 0. The van der Waals surface area contributed by atoms with Crippen molar-refractivity contribution in [3.63, 3.8) is 0 Å². The Morgan fingerprint density at radius 3 is 1.59 bits per heavy atom. The Balaban J connectivity index is 2.56. The van der Waals surface area contributed by atoms with Gasteiger partial charge >= 0.3 is 11.9 Å². The molecule has 1 fully saturated rings. The third-order valence-corrected chi connectivity index (χ3v) is 4.56. The van der Waals surface area contributed by atoms with E-state index < -0.39 is 11.9 Å². The summed E-state index contributed by atoms with van der Waals surface area (Å²) in [5.74, 6) is -1.25. The second-order valence-corrected chi connectivity index (χ2v) is 7.50. The highest BCUT2D eigenvalue weighted by Crippen LogP contribution is 2.03. The number of amides is 1. The van der Waals surface area contributed by atoms with E-state index in [2.05, 4.69) is 19.2 Å². The molecule has 0 unspecified atom stereocenters. The Kier molecular flexibility index (Phi) is 10.9. The molecule has 0 aromatic rings. The highest BCUT2D eigenvalue weighted by Gasteiger charge is 2.20. The van der Waals surface area contributed by atoms with E-state index in [9.17, 15) is 14.4 Å². The monoisotopic (exact) mass is 386 g/mol. The van der Waals surface area contributed by atoms with Gasteiger partial charge in [0, 0.05) is 45.8 Å². The van der Waals surface area contributed by atoms with Gasteiger partial charge in [-0.15, -0.1) is 0 Å². The van der Waals surface area contributed by atoms with Gasteiger partial charge in [-0.3, -0.25) is 29.1 Å². The van der Waals surface area contributed by atoms with E-state index >= 15 is 0 Å². The van der Waals surface area contributed by atoms with Crippen molar-refractivity contribution in [2.24, 2.45) is 5.92 Å². The van der Waals surface area contributed by atoms with Gasteiger partial charge in [0.25, 0.3) is 0 Å². The molecule has 1 aliphatic heterocycles. The minimum Gasteiger partial charge on any atom is -0.480 e. The van der Waals surface area contributed by atoms with Gasteiger partial charge in [-0.05, 0) is 18.8 Å². The van der Waals surface area contributed by atoms with E-state index in [1.54, 1.807) is 9.80 Å². The van der Waals surface area contributed by atoms with Crippen molar-refractivity contribution >= 4 is 17.8 Å². The number of hydrogen-bond acceptors (Lipinski definition) is 6. The SMILES string of the molecule is CC(C)CCCNC(=O)CN1CCN(CC(=O)O)CCN(CC(=O)O)CC1. The zero-order valence-corrected chi connectivity index (χ0v) is 16.5. The van der Waals surface area contributed by atoms with E-state index in [0.717, 1.165) is 12.8 Å². The van der Waals surface area contributed by atoms with Gasteiger partial charge in [-0.2, -0.15) is 0 Å². The van der Waals surface area contributed by atoms with Crippen molar-refractivity contribution in [3.05, 3.63) is 0 Å². The van der Waals surface area contributed by atoms with Crippen LogP contribution < -0.4 is 5.32 Å². The molecule has 1 amide bonds. The molecule has 27 heavy (non-hydrogen) atoms. The van der Waals surface area contributed by atoms with Crippen molar-refractivity contribution in [2.75, 3.05) is 65.4 Å². The first kappa shape index (κ1) is 23.3. The number of aliphatic carboxylic acids is 2. The van der Waals surface area contributed by atoms with Crippen LogP contribution in [-0.4, -0.2) is 108 Å². The highest BCUT2D eigenvalue weighted by molar-refractivity contribution is 5.78. The van der Waals surface area contributed by atoms with Crippen molar-refractivity contribution < 1.29 is 24.6 Å². The Labute approximate surface area is 161 Å². The number of carbonyl (C=O) groups is 3. The molecule has 0 atom stereocenters. The zero-order chi connectivity index (χ0) is 20.2. The maximum Gasteiger partial charge on any atom is 0.317 e. The van der Waals surface area contributed by atoms with Crippen LogP contribution in [0.25, 0.3) is 0 Å². The number of rotatable bonds is 10. The fraction of sp³-hybridized carbons (Fsp3) is 0.833. The normalized spacial score (nSPS) is 17.9. The topological polar surface area (TPSA) is 113 Å². The van der Waals surface area contributed by atoms with Crippen LogP contribution in [0.3, 0.4) is 0 Å². The predicted molar refractivity (Wildman–Crippen MR) is 102 cm³/mol. The lowest BCUT2D eigenvalue weighted by molar-refractivity contribution is -0.140. The van der Waals surface area contributed by atoms with Gasteiger partial charge < -0.3 is 15.5 Å². The Hall–Kier alpha value is -1.71. The maximum atomic E-state index is 12.2. The molecular weight excluding hydrogens is 352 g/mol. The van der Waals surface area contributed by atoms with E-state index in [0.29, 0.717) is 51.7 Å². The van der Waals surface area contributed by atoms with E-state index in [-0.39, 0.29) is 25.5 Å². The second-order valence-electron chi connectivity index (χ2n) is 7.50. The van der Waals surface area contributed by atoms with Crippen LogP contribution in [0, 0.1) is 5.92 Å². The molecule has 1 aliphatic rings. The molecule has 0 aromatic heterocycles. The standard InChI is InChI=1S/C18H34N4O5/c1-15(2)4-3-5-19-16(23)12-20-6-8-21(13-17(24)25)10-11-22(9-7-20)14-18(26)27/h15H,3-14H2,1-2H3,(H,19,23)(H,24,25)(H,26,27). The molecule has 1 saturated heterocycles. The highest BCUT2D eigenvalue weighted by atomic mass is 16.4. The number of carbonyl (C=O) groups excluding carboxylic acids is 1. The van der Waals surface area contributed by atoms with Gasteiger partial charge in [0.15, 0.2) is 0 Å². The molecule has 0 saturated carbocycles. The Bertz CT molecular complexity index is 458. The minimum absolute atomic E-state index is 0.0485. The molecule has 9 nitrogen and oxygen atoms in total. The van der Waals surface area contributed by atoms with Crippen LogP contribution in [0.2, 0.25) is 0 Å². The Morgan fingerprint density at radius 1 is 0.815 bits per heavy atom. The molecule has 0 spiro atoms. The van der Waals surface area contributed by atoms with Gasteiger partial charge in [0.2, 0.25) is 5.91 Å². The smallest absolute Gasteiger partial charge is 0.317 e. The van der Waals surface area contributed by atoms with Crippen molar-refractivity contribution in [1.29, 1.82) is 0 Å². The molecule has 156 valence electrons. The average Bonchev–Trinajstić information content (AvgIpc) is 2.64. The van der Waals surface area contributed by atoms with Crippen molar-refractivity contribution in [3.8, 4) is 0 Å². The molecule has 0 aliphatic carbocycles. The second kappa shape index (κ2) is 12.6. The zero-order valence-electron chi connectivity index (χ0n) is 16.5. The Morgan fingerprint density at radius 2 is 1.22 bits per heavy atom. The van der Waals surface area contributed by atoms with E-state index in [1.165, 1.54) is 0 Å². The third-order valence-electron chi connectivity index (χ3n) is 4.56. The number of hydrogen-bond donors (Lipinski definition) is 3. The molecule has 0 radical (unpaired) electrons. The molecule has 9 heteroatoms. The summed E-state index contributed by atoms with van der Waals surface area (Å²) in [4.78, 5) is 39.8. The van der Waals surface area contributed by atoms with Crippen LogP contribution in [-0.2, 0) is 14.4 Å². The van der Waals surface area contributed by atoms with Gasteiger partial charge in [-0.25, -0.2) is 0 Å². The van der Waals surface area contributed by atoms with Crippen molar-refractivity contribution in [1.82, 2.24) is 20.0 Å². The third kappa shape index (κ3) is 11.6. The van der Waals surface area contributed by atoms with E-state index in [4.69, 9.17) is 10.2 Å². The number of carboxylic acids is 2. The van der Waals surface area contributed by atoms with Gasteiger partial charge in [0.1, 0.15) is 0 Å². The number of carboxylic acid groups (broad SMARTS) is 2. The fourth-order valence-electron chi connectivity index (χ4n) is 3.04. The van der Waals surface area contributed by atoms with Gasteiger partial charge in [-0.1, -0.05) is 13.8 Å². The largest absolute Gasteiger partial charge is 0.480 e. The lowest BCUT2D eigenvalue weighted by Crippen LogP contribution is -2.43. The van der Waals surface area contributed by atoms with Crippen LogP contribution in [0.4, 0.5) is 0 Å². The van der Waals surface area contributed by atoms with Crippen LogP contribution in [0.15, 0.2) is 0 Å². The van der Waals surface area contributed by atoms with Gasteiger partial charge in [0.05, 0.1) is 19.6 Å².